The highest BCUT2D eigenvalue weighted by molar-refractivity contribution is 9.10. The monoisotopic (exact) mass is 283 g/mol. The number of benzene rings is 1. The summed E-state index contributed by atoms with van der Waals surface area (Å²) in [4.78, 5) is 15.3. The minimum absolute atomic E-state index is 0.435. The van der Waals surface area contributed by atoms with Gasteiger partial charge >= 0.3 is 5.97 Å². The van der Waals surface area contributed by atoms with Gasteiger partial charge < -0.3 is 4.74 Å². The molecule has 0 amide bonds. The third-order valence-electron chi connectivity index (χ3n) is 1.55. The molecule has 1 rings (SSSR count). The highest BCUT2D eigenvalue weighted by atomic mass is 79.9. The van der Waals surface area contributed by atoms with Gasteiger partial charge in [0, 0.05) is 4.47 Å². The Labute approximate surface area is 104 Å². The number of esters is 1. The SMILES string of the molecule is CC(C)(C)OC(=O)C=Nc1ccc(Br)cc1. The summed E-state index contributed by atoms with van der Waals surface area (Å²) in [7, 11) is 0. The maximum atomic E-state index is 11.3. The second kappa shape index (κ2) is 5.25. The predicted octanol–water partition coefficient (Wildman–Crippen LogP) is 3.49. The molecule has 4 heteroatoms. The van der Waals surface area contributed by atoms with Crippen LogP contribution in [0.1, 0.15) is 20.8 Å². The lowest BCUT2D eigenvalue weighted by Gasteiger charge is -2.17. The Morgan fingerprint density at radius 3 is 2.38 bits per heavy atom. The number of ether oxygens (including phenoxy) is 1. The summed E-state index contributed by atoms with van der Waals surface area (Å²) in [5.41, 5.74) is 0.233. The van der Waals surface area contributed by atoms with Crippen molar-refractivity contribution in [2.24, 2.45) is 4.99 Å². The Morgan fingerprint density at radius 1 is 1.31 bits per heavy atom. The Morgan fingerprint density at radius 2 is 1.88 bits per heavy atom. The van der Waals surface area contributed by atoms with Crippen molar-refractivity contribution < 1.29 is 9.53 Å². The number of halogens is 1. The van der Waals surface area contributed by atoms with E-state index in [1.165, 1.54) is 6.21 Å². The van der Waals surface area contributed by atoms with Gasteiger partial charge in [0.1, 0.15) is 11.8 Å². The fourth-order valence-electron chi connectivity index (χ4n) is 0.983. The van der Waals surface area contributed by atoms with Crippen molar-refractivity contribution in [2.45, 2.75) is 26.4 Å². The molecule has 0 saturated carbocycles. The van der Waals surface area contributed by atoms with Gasteiger partial charge in [-0.3, -0.25) is 0 Å². The van der Waals surface area contributed by atoms with Gasteiger partial charge in [-0.1, -0.05) is 15.9 Å². The third-order valence-corrected chi connectivity index (χ3v) is 2.08. The van der Waals surface area contributed by atoms with Crippen molar-refractivity contribution in [1.29, 1.82) is 0 Å². The number of rotatable bonds is 2. The molecule has 1 aromatic rings. The topological polar surface area (TPSA) is 38.7 Å². The van der Waals surface area contributed by atoms with Gasteiger partial charge in [-0.25, -0.2) is 9.79 Å². The van der Waals surface area contributed by atoms with E-state index in [0.29, 0.717) is 5.69 Å². The van der Waals surface area contributed by atoms with Gasteiger partial charge in [0.2, 0.25) is 0 Å². The molecule has 0 saturated heterocycles. The molecule has 0 N–H and O–H groups in total. The fourth-order valence-corrected chi connectivity index (χ4v) is 1.25. The van der Waals surface area contributed by atoms with E-state index in [1.54, 1.807) is 0 Å². The van der Waals surface area contributed by atoms with Gasteiger partial charge in [-0.05, 0) is 45.0 Å². The van der Waals surface area contributed by atoms with Crippen LogP contribution < -0.4 is 0 Å². The highest BCUT2D eigenvalue weighted by Crippen LogP contribution is 2.16. The van der Waals surface area contributed by atoms with Crippen LogP contribution in [0.5, 0.6) is 0 Å². The molecule has 0 fully saturated rings. The molecule has 0 aliphatic carbocycles. The largest absolute Gasteiger partial charge is 0.456 e. The van der Waals surface area contributed by atoms with Gasteiger partial charge in [0.25, 0.3) is 0 Å². The van der Waals surface area contributed by atoms with Gasteiger partial charge in [-0.15, -0.1) is 0 Å². The van der Waals surface area contributed by atoms with E-state index in [1.807, 2.05) is 45.0 Å². The average molecular weight is 284 g/mol. The molecule has 0 aromatic heterocycles. The zero-order valence-electron chi connectivity index (χ0n) is 9.53. The summed E-state index contributed by atoms with van der Waals surface area (Å²) in [6, 6.07) is 7.35. The van der Waals surface area contributed by atoms with Crippen LogP contribution in [0.25, 0.3) is 0 Å². The molecule has 0 heterocycles. The second-order valence-corrected chi connectivity index (χ2v) is 5.18. The number of nitrogens with zero attached hydrogens (tertiary/aromatic N) is 1. The zero-order chi connectivity index (χ0) is 12.2. The van der Waals surface area contributed by atoms with Crippen LogP contribution in [-0.2, 0) is 9.53 Å². The molecule has 0 aliphatic rings. The first-order valence-electron chi connectivity index (χ1n) is 4.89. The molecule has 86 valence electrons. The van der Waals surface area contributed by atoms with E-state index in [-0.39, 0.29) is 0 Å². The standard InChI is InChI=1S/C12H14BrNO2/c1-12(2,3)16-11(15)8-14-10-6-4-9(13)5-7-10/h4-8H,1-3H3. The number of aliphatic imine (C=N–C) groups is 1. The zero-order valence-corrected chi connectivity index (χ0v) is 11.1. The lowest BCUT2D eigenvalue weighted by Crippen LogP contribution is -2.24. The Hall–Kier alpha value is -1.16. The van der Waals surface area contributed by atoms with Gasteiger partial charge in [0.05, 0.1) is 5.69 Å². The quantitative estimate of drug-likeness (QED) is 0.616. The van der Waals surface area contributed by atoms with E-state index in [2.05, 4.69) is 20.9 Å². The van der Waals surface area contributed by atoms with Crippen molar-refractivity contribution in [3.8, 4) is 0 Å². The number of hydrogen-bond donors (Lipinski definition) is 0. The smallest absolute Gasteiger partial charge is 0.349 e. The summed E-state index contributed by atoms with van der Waals surface area (Å²) in [5.74, 6) is -0.435. The van der Waals surface area contributed by atoms with E-state index in [0.717, 1.165) is 4.47 Å². The van der Waals surface area contributed by atoms with Crippen LogP contribution in [0.3, 0.4) is 0 Å². The molecule has 0 aliphatic heterocycles. The van der Waals surface area contributed by atoms with Crippen LogP contribution >= 0.6 is 15.9 Å². The normalized spacial score (nSPS) is 11.8. The minimum Gasteiger partial charge on any atom is -0.456 e. The number of hydrogen-bond acceptors (Lipinski definition) is 3. The number of carbonyl (C=O) groups excluding carboxylic acids is 1. The summed E-state index contributed by atoms with van der Waals surface area (Å²) in [5, 5.41) is 0. The summed E-state index contributed by atoms with van der Waals surface area (Å²) >= 11 is 3.32. The van der Waals surface area contributed by atoms with Crippen molar-refractivity contribution >= 4 is 33.8 Å². The third kappa shape index (κ3) is 5.07. The Balaban J connectivity index is 2.60. The molecule has 0 radical (unpaired) electrons. The van der Waals surface area contributed by atoms with E-state index in [9.17, 15) is 4.79 Å². The lowest BCUT2D eigenvalue weighted by atomic mass is 10.2. The van der Waals surface area contributed by atoms with Gasteiger partial charge in [0.15, 0.2) is 0 Å². The second-order valence-electron chi connectivity index (χ2n) is 4.27. The minimum atomic E-state index is -0.483. The van der Waals surface area contributed by atoms with Crippen LogP contribution in [0.4, 0.5) is 5.69 Å². The molecular formula is C12H14BrNO2. The first-order valence-corrected chi connectivity index (χ1v) is 5.69. The van der Waals surface area contributed by atoms with Crippen LogP contribution in [-0.4, -0.2) is 17.8 Å². The van der Waals surface area contributed by atoms with Crippen LogP contribution in [0.2, 0.25) is 0 Å². The van der Waals surface area contributed by atoms with Crippen LogP contribution in [0, 0.1) is 0 Å². The molecule has 0 unspecified atom stereocenters. The molecule has 16 heavy (non-hydrogen) atoms. The summed E-state index contributed by atoms with van der Waals surface area (Å²) in [6.07, 6.45) is 1.19. The predicted molar refractivity (Wildman–Crippen MR) is 68.1 cm³/mol. The first kappa shape index (κ1) is 12.9. The van der Waals surface area contributed by atoms with E-state index in [4.69, 9.17) is 4.74 Å². The van der Waals surface area contributed by atoms with Crippen LogP contribution in [0.15, 0.2) is 33.7 Å². The van der Waals surface area contributed by atoms with Crippen molar-refractivity contribution in [3.63, 3.8) is 0 Å². The summed E-state index contributed by atoms with van der Waals surface area (Å²) in [6.45, 7) is 5.45. The Kier molecular flexibility index (Phi) is 4.24. The summed E-state index contributed by atoms with van der Waals surface area (Å²) < 4.78 is 6.06. The average Bonchev–Trinajstić information content (AvgIpc) is 2.14. The van der Waals surface area contributed by atoms with E-state index >= 15 is 0 Å². The van der Waals surface area contributed by atoms with Gasteiger partial charge in [-0.2, -0.15) is 0 Å². The van der Waals surface area contributed by atoms with Crippen molar-refractivity contribution in [3.05, 3.63) is 28.7 Å². The highest BCUT2D eigenvalue weighted by Gasteiger charge is 2.14. The fraction of sp³-hybridized carbons (Fsp3) is 0.333. The number of carbonyl (C=O) groups is 1. The maximum absolute atomic E-state index is 11.3. The molecule has 3 nitrogen and oxygen atoms in total. The van der Waals surface area contributed by atoms with Crippen molar-refractivity contribution in [2.75, 3.05) is 0 Å². The first-order chi connectivity index (χ1) is 7.37. The Bertz CT molecular complexity index is 390. The molecule has 0 bridgehead atoms. The van der Waals surface area contributed by atoms with Crippen molar-refractivity contribution in [1.82, 2.24) is 0 Å². The molecule has 0 spiro atoms. The molecule has 0 atom stereocenters. The van der Waals surface area contributed by atoms with E-state index < -0.39 is 11.6 Å². The maximum Gasteiger partial charge on any atom is 0.349 e. The molecule has 1 aromatic carbocycles. The molecular weight excluding hydrogens is 270 g/mol. The lowest BCUT2D eigenvalue weighted by molar-refractivity contribution is -0.145.